The van der Waals surface area contributed by atoms with Gasteiger partial charge >= 0.3 is 0 Å². The highest BCUT2D eigenvalue weighted by atomic mass is 16.5. The zero-order valence-electron chi connectivity index (χ0n) is 14.7. The van der Waals surface area contributed by atoms with Gasteiger partial charge in [-0.15, -0.1) is 0 Å². The Morgan fingerprint density at radius 2 is 2.17 bits per heavy atom. The van der Waals surface area contributed by atoms with Gasteiger partial charge in [0, 0.05) is 49.4 Å². The minimum Gasteiger partial charge on any atom is -0.486 e. The van der Waals surface area contributed by atoms with E-state index in [1.165, 1.54) is 5.69 Å². The van der Waals surface area contributed by atoms with Crippen LogP contribution in [-0.4, -0.2) is 32.1 Å². The van der Waals surface area contributed by atoms with Gasteiger partial charge in [0.05, 0.1) is 6.20 Å². The molecule has 1 aliphatic rings. The van der Waals surface area contributed by atoms with Gasteiger partial charge in [-0.3, -0.25) is 14.5 Å². The van der Waals surface area contributed by atoms with E-state index in [-0.39, 0.29) is 11.3 Å². The van der Waals surface area contributed by atoms with E-state index < -0.39 is 0 Å². The predicted molar refractivity (Wildman–Crippen MR) is 90.4 cm³/mol. The fourth-order valence-corrected chi connectivity index (χ4v) is 3.02. The van der Waals surface area contributed by atoms with Crippen molar-refractivity contribution in [2.75, 3.05) is 6.54 Å². The molecule has 0 saturated heterocycles. The summed E-state index contributed by atoms with van der Waals surface area (Å²) < 4.78 is 7.71. The van der Waals surface area contributed by atoms with Gasteiger partial charge in [0.2, 0.25) is 5.91 Å². The number of aryl methyl sites for hydroxylation is 1. The van der Waals surface area contributed by atoms with Gasteiger partial charge in [-0.2, -0.15) is 5.10 Å². The Morgan fingerprint density at radius 3 is 2.83 bits per heavy atom. The first kappa shape index (κ1) is 16.5. The van der Waals surface area contributed by atoms with E-state index in [0.717, 1.165) is 30.0 Å². The van der Waals surface area contributed by atoms with Crippen LogP contribution in [-0.2, 0) is 31.4 Å². The first-order valence-electron chi connectivity index (χ1n) is 8.22. The molecule has 0 fully saturated rings. The molecule has 0 radical (unpaired) electrons. The number of hydrogen-bond donors (Lipinski definition) is 0. The van der Waals surface area contributed by atoms with Gasteiger partial charge in [0.1, 0.15) is 18.1 Å². The maximum Gasteiger partial charge on any atom is 0.228 e. The Bertz CT molecular complexity index is 731. The van der Waals surface area contributed by atoms with E-state index in [0.29, 0.717) is 13.2 Å². The van der Waals surface area contributed by atoms with Gasteiger partial charge in [0.15, 0.2) is 0 Å². The van der Waals surface area contributed by atoms with Gasteiger partial charge in [-0.1, -0.05) is 20.8 Å². The van der Waals surface area contributed by atoms with Crippen LogP contribution in [0.4, 0.5) is 0 Å². The summed E-state index contributed by atoms with van der Waals surface area (Å²) in [7, 11) is 1.95. The lowest BCUT2D eigenvalue weighted by molar-refractivity contribution is -0.140. The largest absolute Gasteiger partial charge is 0.486 e. The van der Waals surface area contributed by atoms with Crippen LogP contribution < -0.4 is 4.74 Å². The van der Waals surface area contributed by atoms with E-state index in [1.54, 1.807) is 12.4 Å². The van der Waals surface area contributed by atoms with Crippen LogP contribution in [0.1, 0.15) is 37.7 Å². The van der Waals surface area contributed by atoms with Gasteiger partial charge in [-0.25, -0.2) is 0 Å². The number of rotatable bonds is 3. The fraction of sp³-hybridized carbons (Fsp3) is 0.500. The number of nitrogens with zero attached hydrogens (tertiary/aromatic N) is 4. The summed E-state index contributed by atoms with van der Waals surface area (Å²) in [6, 6.07) is 3.71. The smallest absolute Gasteiger partial charge is 0.228 e. The summed E-state index contributed by atoms with van der Waals surface area (Å²) in [6.45, 7) is 7.60. The minimum atomic E-state index is -0.369. The third kappa shape index (κ3) is 3.27. The lowest BCUT2D eigenvalue weighted by atomic mass is 9.93. The summed E-state index contributed by atoms with van der Waals surface area (Å²) in [5, 5.41) is 4.60. The molecule has 0 spiro atoms. The molecule has 24 heavy (non-hydrogen) atoms. The molecule has 0 saturated carbocycles. The van der Waals surface area contributed by atoms with Gasteiger partial charge < -0.3 is 9.64 Å². The Hall–Kier alpha value is -2.37. The molecule has 0 aromatic carbocycles. The number of pyridine rings is 1. The first-order valence-corrected chi connectivity index (χ1v) is 8.22. The van der Waals surface area contributed by atoms with E-state index in [9.17, 15) is 4.79 Å². The van der Waals surface area contributed by atoms with E-state index in [1.807, 2.05) is 49.5 Å². The molecule has 6 nitrogen and oxygen atoms in total. The molecule has 1 aliphatic heterocycles. The van der Waals surface area contributed by atoms with Gasteiger partial charge in [-0.05, 0) is 12.1 Å². The molecule has 6 heteroatoms. The number of carbonyl (C=O) groups is 1. The topological polar surface area (TPSA) is 60.2 Å². The molecule has 0 bridgehead atoms. The van der Waals surface area contributed by atoms with Crippen molar-refractivity contribution in [3.8, 4) is 5.75 Å². The number of hydrogen-bond acceptors (Lipinski definition) is 4. The van der Waals surface area contributed by atoms with Crippen molar-refractivity contribution in [1.29, 1.82) is 0 Å². The number of amides is 1. The predicted octanol–water partition coefficient (Wildman–Crippen LogP) is 2.32. The van der Waals surface area contributed by atoms with Crippen molar-refractivity contribution in [3.05, 3.63) is 41.5 Å². The highest BCUT2D eigenvalue weighted by Gasteiger charge is 2.32. The lowest BCUT2D eigenvalue weighted by Crippen LogP contribution is -2.42. The zero-order valence-corrected chi connectivity index (χ0v) is 14.7. The van der Waals surface area contributed by atoms with Crippen molar-refractivity contribution in [1.82, 2.24) is 19.7 Å². The van der Waals surface area contributed by atoms with Crippen molar-refractivity contribution in [3.63, 3.8) is 0 Å². The normalized spacial score (nSPS) is 14.4. The SMILES string of the molecule is Cn1nc(COc2cccnc2)c2c1CCN(C(=O)C(C)(C)C)C2. The van der Waals surface area contributed by atoms with Crippen LogP contribution >= 0.6 is 0 Å². The molecule has 3 rings (SSSR count). The van der Waals surface area contributed by atoms with Crippen LogP contribution in [0.25, 0.3) is 0 Å². The highest BCUT2D eigenvalue weighted by Crippen LogP contribution is 2.27. The molecule has 2 aromatic rings. The standard InChI is InChI=1S/C18H24N4O2/c1-18(2,3)17(23)22-9-7-16-14(11-22)15(20-21(16)4)12-24-13-6-5-8-19-10-13/h5-6,8,10H,7,9,11-12H2,1-4H3. The average Bonchev–Trinajstić information content (AvgIpc) is 2.88. The second-order valence-corrected chi connectivity index (χ2v) is 7.20. The Morgan fingerprint density at radius 1 is 1.38 bits per heavy atom. The monoisotopic (exact) mass is 328 g/mol. The van der Waals surface area contributed by atoms with E-state index >= 15 is 0 Å². The third-order valence-electron chi connectivity index (χ3n) is 4.26. The third-order valence-corrected chi connectivity index (χ3v) is 4.26. The molecular formula is C18H24N4O2. The van der Waals surface area contributed by atoms with Crippen molar-refractivity contribution in [2.24, 2.45) is 12.5 Å². The second-order valence-electron chi connectivity index (χ2n) is 7.20. The second kappa shape index (κ2) is 6.26. The number of aromatic nitrogens is 3. The van der Waals surface area contributed by atoms with E-state index in [2.05, 4.69) is 10.1 Å². The number of fused-ring (bicyclic) bond motifs is 1. The quantitative estimate of drug-likeness (QED) is 0.867. The van der Waals surface area contributed by atoms with E-state index in [4.69, 9.17) is 4.74 Å². The summed E-state index contributed by atoms with van der Waals surface area (Å²) in [6.07, 6.45) is 4.23. The van der Waals surface area contributed by atoms with Crippen molar-refractivity contribution >= 4 is 5.91 Å². The van der Waals surface area contributed by atoms with Crippen molar-refractivity contribution in [2.45, 2.75) is 40.3 Å². The minimum absolute atomic E-state index is 0.177. The molecular weight excluding hydrogens is 304 g/mol. The van der Waals surface area contributed by atoms with Crippen LogP contribution in [0.15, 0.2) is 24.5 Å². The molecule has 3 heterocycles. The fourth-order valence-electron chi connectivity index (χ4n) is 3.02. The van der Waals surface area contributed by atoms with Crippen LogP contribution in [0.3, 0.4) is 0 Å². The number of ether oxygens (including phenoxy) is 1. The molecule has 2 aromatic heterocycles. The molecule has 128 valence electrons. The van der Waals surface area contributed by atoms with Gasteiger partial charge in [0.25, 0.3) is 0 Å². The lowest BCUT2D eigenvalue weighted by Gasteiger charge is -2.32. The maximum atomic E-state index is 12.6. The summed E-state index contributed by atoms with van der Waals surface area (Å²) in [5.41, 5.74) is 2.83. The molecule has 0 atom stereocenters. The molecule has 1 amide bonds. The van der Waals surface area contributed by atoms with Crippen LogP contribution in [0.2, 0.25) is 0 Å². The molecule has 0 unspecified atom stereocenters. The summed E-state index contributed by atoms with van der Waals surface area (Å²) in [4.78, 5) is 18.6. The summed E-state index contributed by atoms with van der Waals surface area (Å²) >= 11 is 0. The van der Waals surface area contributed by atoms with Crippen LogP contribution in [0.5, 0.6) is 5.75 Å². The van der Waals surface area contributed by atoms with Crippen molar-refractivity contribution < 1.29 is 9.53 Å². The van der Waals surface area contributed by atoms with Crippen LogP contribution in [0, 0.1) is 5.41 Å². The maximum absolute atomic E-state index is 12.6. The highest BCUT2D eigenvalue weighted by molar-refractivity contribution is 5.81. The molecule has 0 N–H and O–H groups in total. The number of carbonyl (C=O) groups excluding carboxylic acids is 1. The zero-order chi connectivity index (χ0) is 17.3. The first-order chi connectivity index (χ1) is 11.4. The Labute approximate surface area is 142 Å². The average molecular weight is 328 g/mol. The Kier molecular flexibility index (Phi) is 4.30. The molecule has 0 aliphatic carbocycles. The Balaban J connectivity index is 1.78. The summed E-state index contributed by atoms with van der Waals surface area (Å²) in [5.74, 6) is 0.895.